The van der Waals surface area contributed by atoms with Gasteiger partial charge in [-0.05, 0) is 13.5 Å². The average molecular weight is 528 g/mol. The molecular weight excluding hydrogens is 490 g/mol. The highest BCUT2D eigenvalue weighted by atomic mass is 16.9. The number of aliphatic hydroxyl groups is 8. The number of nitrogens with one attached hydrogen (secondary N) is 1. The number of likely N-dealkylation sites (N-methyl/N-ethyl adjacent to an activating group) is 1. The van der Waals surface area contributed by atoms with E-state index in [0.29, 0.717) is 0 Å². The molecule has 16 heteroatoms. The highest BCUT2D eigenvalue weighted by molar-refractivity contribution is 5.05. The summed E-state index contributed by atoms with van der Waals surface area (Å²) < 4.78 is 28.7. The van der Waals surface area contributed by atoms with Gasteiger partial charge in [-0.3, -0.25) is 0 Å². The van der Waals surface area contributed by atoms with Crippen LogP contribution in [0.1, 0.15) is 6.42 Å². The summed E-state index contributed by atoms with van der Waals surface area (Å²) in [4.78, 5) is 0. The number of nitrogens with two attached hydrogens (primary N) is 2. The van der Waals surface area contributed by atoms with Gasteiger partial charge in [-0.15, -0.1) is 0 Å². The van der Waals surface area contributed by atoms with Crippen LogP contribution in [-0.4, -0.2) is 159 Å². The van der Waals surface area contributed by atoms with E-state index in [0.717, 1.165) is 0 Å². The van der Waals surface area contributed by atoms with Crippen molar-refractivity contribution in [3.63, 3.8) is 0 Å². The summed E-state index contributed by atoms with van der Waals surface area (Å²) in [6.07, 6.45) is -17.7. The molecule has 0 aromatic heterocycles. The Morgan fingerprint density at radius 3 is 2.22 bits per heavy atom. The standard InChI is InChI=1S/C20H37N3O13/c1-23-7-2-5(21)9(26)15(10(7)27)33-19-17-16(11(28)8(4-25)32-19)35-20(36-17)18(31)13(30)12(29)14(34-20)6(22)3-24/h5-19,23-31H,2-4,21-22H2,1H3/t5-,6+,7+,8-,9+,10-,11+,12-,13-,14-,15+,16+,17+,18-,19+,20+/m1/s1. The van der Waals surface area contributed by atoms with E-state index < -0.39 is 111 Å². The van der Waals surface area contributed by atoms with Gasteiger partial charge in [-0.1, -0.05) is 0 Å². The second kappa shape index (κ2) is 10.9. The van der Waals surface area contributed by atoms with Crippen LogP contribution in [0, 0.1) is 0 Å². The van der Waals surface area contributed by atoms with Gasteiger partial charge in [0.15, 0.2) is 12.4 Å². The summed E-state index contributed by atoms with van der Waals surface area (Å²) in [6.45, 7) is -1.33. The minimum atomic E-state index is -2.48. The van der Waals surface area contributed by atoms with Gasteiger partial charge >= 0.3 is 5.97 Å². The Labute approximate surface area is 206 Å². The van der Waals surface area contributed by atoms with Crippen LogP contribution < -0.4 is 16.8 Å². The van der Waals surface area contributed by atoms with Gasteiger partial charge in [0, 0.05) is 12.1 Å². The highest BCUT2D eigenvalue weighted by Crippen LogP contribution is 2.45. The Morgan fingerprint density at radius 1 is 0.944 bits per heavy atom. The van der Waals surface area contributed by atoms with E-state index in [1.165, 1.54) is 0 Å². The minimum absolute atomic E-state index is 0.254. The molecule has 0 radical (unpaired) electrons. The molecular formula is C20H37N3O13. The molecule has 16 nitrogen and oxygen atoms in total. The largest absolute Gasteiger partial charge is 0.395 e. The van der Waals surface area contributed by atoms with Crippen LogP contribution in [0.2, 0.25) is 0 Å². The lowest BCUT2D eigenvalue weighted by Crippen LogP contribution is -2.69. The Kier molecular flexibility index (Phi) is 8.55. The van der Waals surface area contributed by atoms with Gasteiger partial charge in [-0.2, -0.15) is 0 Å². The quantitative estimate of drug-likeness (QED) is 0.153. The molecule has 3 heterocycles. The number of hydrogen-bond donors (Lipinski definition) is 11. The van der Waals surface area contributed by atoms with Crippen LogP contribution in [0.3, 0.4) is 0 Å². The summed E-state index contributed by atoms with van der Waals surface area (Å²) in [5.74, 6) is -2.48. The zero-order valence-corrected chi connectivity index (χ0v) is 19.6. The predicted molar refractivity (Wildman–Crippen MR) is 115 cm³/mol. The van der Waals surface area contributed by atoms with E-state index in [-0.39, 0.29) is 6.42 Å². The Hall–Kier alpha value is -0.640. The van der Waals surface area contributed by atoms with Gasteiger partial charge in [0.1, 0.15) is 48.8 Å². The number of aliphatic hydroxyl groups excluding tert-OH is 8. The Bertz CT molecular complexity index is 756. The van der Waals surface area contributed by atoms with Crippen LogP contribution in [0.5, 0.6) is 0 Å². The van der Waals surface area contributed by atoms with Crippen LogP contribution >= 0.6 is 0 Å². The third kappa shape index (κ3) is 4.68. The van der Waals surface area contributed by atoms with Crippen molar-refractivity contribution in [2.24, 2.45) is 11.5 Å². The van der Waals surface area contributed by atoms with Crippen molar-refractivity contribution in [2.45, 2.75) is 104 Å². The molecule has 13 N–H and O–H groups in total. The molecule has 0 aromatic rings. The predicted octanol–water partition coefficient (Wildman–Crippen LogP) is -7.27. The van der Waals surface area contributed by atoms with Crippen LogP contribution in [0.25, 0.3) is 0 Å². The maximum Gasteiger partial charge on any atom is 0.314 e. The lowest BCUT2D eigenvalue weighted by atomic mass is 9.84. The maximum absolute atomic E-state index is 10.7. The second-order valence-corrected chi connectivity index (χ2v) is 9.72. The summed E-state index contributed by atoms with van der Waals surface area (Å²) in [5.41, 5.74) is 11.8. The van der Waals surface area contributed by atoms with Gasteiger partial charge in [0.05, 0.1) is 31.5 Å². The topological polar surface area (TPSA) is 272 Å². The number of rotatable bonds is 6. The van der Waals surface area contributed by atoms with Crippen LogP contribution in [0.4, 0.5) is 0 Å². The molecule has 4 aliphatic rings. The molecule has 210 valence electrons. The lowest BCUT2D eigenvalue weighted by molar-refractivity contribution is -0.439. The maximum atomic E-state index is 10.7. The fraction of sp³-hybridized carbons (Fsp3) is 1.00. The molecule has 3 aliphatic heterocycles. The molecule has 36 heavy (non-hydrogen) atoms. The summed E-state index contributed by atoms with van der Waals surface area (Å²) in [6, 6.07) is -2.50. The fourth-order valence-electron chi connectivity index (χ4n) is 5.23. The number of ether oxygens (including phenoxy) is 5. The first kappa shape index (κ1) is 28.4. The smallest absolute Gasteiger partial charge is 0.314 e. The van der Waals surface area contributed by atoms with Gasteiger partial charge in [0.2, 0.25) is 0 Å². The van der Waals surface area contributed by atoms with E-state index in [9.17, 15) is 40.9 Å². The minimum Gasteiger partial charge on any atom is -0.395 e. The van der Waals surface area contributed by atoms with Crippen molar-refractivity contribution in [3.8, 4) is 0 Å². The first-order chi connectivity index (χ1) is 17.0. The first-order valence-corrected chi connectivity index (χ1v) is 11.8. The number of hydrogen-bond acceptors (Lipinski definition) is 16. The summed E-state index contributed by atoms with van der Waals surface area (Å²) >= 11 is 0. The summed E-state index contributed by atoms with van der Waals surface area (Å²) in [5, 5.41) is 85.6. The van der Waals surface area contributed by atoms with E-state index in [1.54, 1.807) is 7.05 Å². The Morgan fingerprint density at radius 2 is 1.61 bits per heavy atom. The van der Waals surface area contributed by atoms with E-state index in [1.807, 2.05) is 0 Å². The first-order valence-electron chi connectivity index (χ1n) is 11.8. The van der Waals surface area contributed by atoms with Crippen LogP contribution in [0.15, 0.2) is 0 Å². The molecule has 3 saturated heterocycles. The van der Waals surface area contributed by atoms with Crippen LogP contribution in [-0.2, 0) is 23.7 Å². The molecule has 1 aliphatic carbocycles. The molecule has 0 bridgehead atoms. The molecule has 0 unspecified atom stereocenters. The molecule has 0 aromatic carbocycles. The average Bonchev–Trinajstić information content (AvgIpc) is 3.27. The number of fused-ring (bicyclic) bond motifs is 1. The fourth-order valence-corrected chi connectivity index (χ4v) is 5.23. The van der Waals surface area contributed by atoms with E-state index in [4.69, 9.17) is 35.2 Å². The molecule has 4 rings (SSSR count). The zero-order chi connectivity index (χ0) is 26.5. The molecule has 4 fully saturated rings. The third-order valence-electron chi connectivity index (χ3n) is 7.42. The van der Waals surface area contributed by atoms with Crippen molar-refractivity contribution < 1.29 is 64.5 Å². The van der Waals surface area contributed by atoms with Gasteiger partial charge in [-0.25, -0.2) is 0 Å². The van der Waals surface area contributed by atoms with Gasteiger partial charge in [0.25, 0.3) is 0 Å². The van der Waals surface area contributed by atoms with Crippen molar-refractivity contribution in [2.75, 3.05) is 20.3 Å². The van der Waals surface area contributed by atoms with Crippen molar-refractivity contribution >= 4 is 0 Å². The monoisotopic (exact) mass is 527 g/mol. The van der Waals surface area contributed by atoms with E-state index in [2.05, 4.69) is 5.32 Å². The SMILES string of the molecule is CN[C@H]1C[C@@H](N)[C@H](O)[C@H](O[C@@H]2O[C@H](CO)[C@H](O)[C@@H]3O[C@@]4(O[C@H]23)O[C@H]([C@@H](N)CO)[C@H](O)[C@@H](O)[C@H]4O)[C@@H]1O. The highest BCUT2D eigenvalue weighted by Gasteiger charge is 2.67. The summed E-state index contributed by atoms with van der Waals surface area (Å²) in [7, 11) is 1.60. The zero-order valence-electron chi connectivity index (χ0n) is 19.6. The van der Waals surface area contributed by atoms with Crippen molar-refractivity contribution in [3.05, 3.63) is 0 Å². The third-order valence-corrected chi connectivity index (χ3v) is 7.42. The van der Waals surface area contributed by atoms with Crippen molar-refractivity contribution in [1.82, 2.24) is 5.32 Å². The second-order valence-electron chi connectivity index (χ2n) is 9.72. The molecule has 1 spiro atoms. The normalized spacial score (nSPS) is 54.4. The van der Waals surface area contributed by atoms with Gasteiger partial charge < -0.3 is 81.3 Å². The lowest BCUT2D eigenvalue weighted by Gasteiger charge is -2.46. The molecule has 0 amide bonds. The van der Waals surface area contributed by atoms with E-state index >= 15 is 0 Å². The molecule has 1 saturated carbocycles. The van der Waals surface area contributed by atoms with Crippen molar-refractivity contribution in [1.29, 1.82) is 0 Å². The Balaban J connectivity index is 1.62. The molecule has 16 atom stereocenters.